The molecule has 1 aromatic carbocycles. The van der Waals surface area contributed by atoms with E-state index in [-0.39, 0.29) is 6.61 Å². The van der Waals surface area contributed by atoms with Gasteiger partial charge in [-0.05, 0) is 12.0 Å². The minimum atomic E-state index is -0.880. The second-order valence-corrected chi connectivity index (χ2v) is 6.51. The van der Waals surface area contributed by atoms with Crippen molar-refractivity contribution in [1.29, 1.82) is 0 Å². The molecule has 8 nitrogen and oxygen atoms in total. The number of aryl methyl sites for hydroxylation is 1. The van der Waals surface area contributed by atoms with Gasteiger partial charge in [0.25, 0.3) is 0 Å². The van der Waals surface area contributed by atoms with Crippen LogP contribution in [0.4, 0.5) is 11.9 Å². The molecular weight excluding hydrogens is 346 g/mol. The van der Waals surface area contributed by atoms with E-state index < -0.39 is 12.1 Å². The van der Waals surface area contributed by atoms with E-state index >= 15 is 0 Å². The normalized spacial score (nSPS) is 16.8. The second kappa shape index (κ2) is 9.59. The molecule has 8 heteroatoms. The van der Waals surface area contributed by atoms with Crippen LogP contribution >= 0.6 is 0 Å². The standard InChI is InChI=1S/C19H27N5O3/c1-2-6-16-21-18(23-19(22-16)24-9-11-27-12-10-24)20-15(13-25)17(26)14-7-4-3-5-8-14/h3-5,7-8,15,17,25-26H,2,6,9-13H2,1H3,(H,20,21,22,23). The van der Waals surface area contributed by atoms with Gasteiger partial charge in [0.05, 0.1) is 25.9 Å². The fraction of sp³-hybridized carbons (Fsp3) is 0.526. The Morgan fingerprint density at radius 2 is 1.89 bits per heavy atom. The van der Waals surface area contributed by atoms with Crippen LogP contribution in [0.3, 0.4) is 0 Å². The highest BCUT2D eigenvalue weighted by Gasteiger charge is 2.23. The summed E-state index contributed by atoms with van der Waals surface area (Å²) in [4.78, 5) is 15.6. The molecule has 2 heterocycles. The average molecular weight is 373 g/mol. The summed E-state index contributed by atoms with van der Waals surface area (Å²) in [5.41, 5.74) is 0.722. The first kappa shape index (κ1) is 19.5. The van der Waals surface area contributed by atoms with Gasteiger partial charge in [0.2, 0.25) is 11.9 Å². The molecule has 1 aliphatic rings. The number of aromatic nitrogens is 3. The van der Waals surface area contributed by atoms with Crippen molar-refractivity contribution in [2.24, 2.45) is 0 Å². The zero-order valence-electron chi connectivity index (χ0n) is 15.6. The maximum absolute atomic E-state index is 10.6. The van der Waals surface area contributed by atoms with Gasteiger partial charge in [-0.1, -0.05) is 37.3 Å². The van der Waals surface area contributed by atoms with Crippen LogP contribution in [-0.2, 0) is 11.2 Å². The lowest BCUT2D eigenvalue weighted by molar-refractivity contribution is 0.118. The first-order valence-electron chi connectivity index (χ1n) is 9.39. The summed E-state index contributed by atoms with van der Waals surface area (Å²) in [7, 11) is 0. The number of nitrogens with one attached hydrogen (secondary N) is 1. The van der Waals surface area contributed by atoms with Crippen LogP contribution < -0.4 is 10.2 Å². The van der Waals surface area contributed by atoms with Crippen molar-refractivity contribution in [3.63, 3.8) is 0 Å². The zero-order valence-corrected chi connectivity index (χ0v) is 15.6. The molecule has 146 valence electrons. The minimum Gasteiger partial charge on any atom is -0.394 e. The predicted octanol–water partition coefficient (Wildman–Crippen LogP) is 1.17. The number of hydrogen-bond acceptors (Lipinski definition) is 8. The molecular formula is C19H27N5O3. The van der Waals surface area contributed by atoms with Gasteiger partial charge in [0.15, 0.2) is 0 Å². The summed E-state index contributed by atoms with van der Waals surface area (Å²) in [6, 6.07) is 8.61. The van der Waals surface area contributed by atoms with Crippen molar-refractivity contribution in [3.8, 4) is 0 Å². The van der Waals surface area contributed by atoms with Gasteiger partial charge in [-0.2, -0.15) is 15.0 Å². The van der Waals surface area contributed by atoms with Crippen LogP contribution in [0.15, 0.2) is 30.3 Å². The summed E-state index contributed by atoms with van der Waals surface area (Å²) in [6.07, 6.45) is 0.774. The molecule has 0 bridgehead atoms. The second-order valence-electron chi connectivity index (χ2n) is 6.51. The highest BCUT2D eigenvalue weighted by Crippen LogP contribution is 2.20. The van der Waals surface area contributed by atoms with Gasteiger partial charge in [-0.15, -0.1) is 0 Å². The number of benzene rings is 1. The Labute approximate surface area is 159 Å². The molecule has 27 heavy (non-hydrogen) atoms. The third-order valence-electron chi connectivity index (χ3n) is 4.47. The van der Waals surface area contributed by atoms with E-state index in [1.807, 2.05) is 30.3 Å². The Morgan fingerprint density at radius 1 is 1.15 bits per heavy atom. The molecule has 1 saturated heterocycles. The number of anilines is 2. The van der Waals surface area contributed by atoms with Gasteiger partial charge in [0, 0.05) is 19.5 Å². The Morgan fingerprint density at radius 3 is 2.56 bits per heavy atom. The number of hydrogen-bond donors (Lipinski definition) is 3. The van der Waals surface area contributed by atoms with Crippen molar-refractivity contribution in [2.45, 2.75) is 31.9 Å². The number of morpholine rings is 1. The molecule has 2 aromatic rings. The molecule has 1 aliphatic heterocycles. The van der Waals surface area contributed by atoms with Crippen molar-refractivity contribution in [2.75, 3.05) is 43.1 Å². The SMILES string of the molecule is CCCc1nc(NC(CO)C(O)c2ccccc2)nc(N2CCOCC2)n1. The molecule has 1 fully saturated rings. The number of aliphatic hydroxyl groups excluding tert-OH is 2. The van der Waals surface area contributed by atoms with Gasteiger partial charge < -0.3 is 25.2 Å². The highest BCUT2D eigenvalue weighted by molar-refractivity contribution is 5.39. The summed E-state index contributed by atoms with van der Waals surface area (Å²) in [5, 5.41) is 23.5. The molecule has 0 aliphatic carbocycles. The summed E-state index contributed by atoms with van der Waals surface area (Å²) in [6.45, 7) is 4.56. The first-order chi connectivity index (χ1) is 13.2. The third-order valence-corrected chi connectivity index (χ3v) is 4.47. The van der Waals surface area contributed by atoms with Crippen LogP contribution in [0, 0.1) is 0 Å². The van der Waals surface area contributed by atoms with Crippen LogP contribution in [0.25, 0.3) is 0 Å². The molecule has 3 N–H and O–H groups in total. The molecule has 0 amide bonds. The fourth-order valence-electron chi connectivity index (χ4n) is 2.98. The number of nitrogens with zero attached hydrogens (tertiary/aromatic N) is 4. The van der Waals surface area contributed by atoms with E-state index in [0.717, 1.165) is 31.5 Å². The summed E-state index contributed by atoms with van der Waals surface area (Å²) < 4.78 is 5.40. The Bertz CT molecular complexity index is 710. The van der Waals surface area contributed by atoms with Crippen molar-refractivity contribution in [1.82, 2.24) is 15.0 Å². The van der Waals surface area contributed by atoms with Gasteiger partial charge in [-0.3, -0.25) is 0 Å². The van der Waals surface area contributed by atoms with Crippen molar-refractivity contribution >= 4 is 11.9 Å². The van der Waals surface area contributed by atoms with Crippen LogP contribution in [0.1, 0.15) is 30.8 Å². The molecule has 2 atom stereocenters. The largest absolute Gasteiger partial charge is 0.394 e. The van der Waals surface area contributed by atoms with E-state index in [4.69, 9.17) is 4.74 Å². The van der Waals surface area contributed by atoms with Crippen molar-refractivity contribution in [3.05, 3.63) is 41.7 Å². The van der Waals surface area contributed by atoms with Gasteiger partial charge in [-0.25, -0.2) is 0 Å². The monoisotopic (exact) mass is 373 g/mol. The van der Waals surface area contributed by atoms with Crippen LogP contribution in [-0.4, -0.2) is 64.1 Å². The third kappa shape index (κ3) is 5.12. The molecule has 3 rings (SSSR count). The Kier molecular flexibility index (Phi) is 6.92. The minimum absolute atomic E-state index is 0.252. The lowest BCUT2D eigenvalue weighted by atomic mass is 10.0. The maximum Gasteiger partial charge on any atom is 0.230 e. The number of aliphatic hydroxyl groups is 2. The molecule has 2 unspecified atom stereocenters. The maximum atomic E-state index is 10.6. The Hall–Kier alpha value is -2.29. The van der Waals surface area contributed by atoms with E-state index in [9.17, 15) is 10.2 Å². The summed E-state index contributed by atoms with van der Waals surface area (Å²) in [5.74, 6) is 1.66. The average Bonchev–Trinajstić information content (AvgIpc) is 2.73. The molecule has 0 spiro atoms. The lowest BCUT2D eigenvalue weighted by Gasteiger charge is -2.28. The van der Waals surface area contributed by atoms with E-state index in [1.165, 1.54) is 0 Å². The number of ether oxygens (including phenoxy) is 1. The van der Waals surface area contributed by atoms with Crippen LogP contribution in [0.5, 0.6) is 0 Å². The number of rotatable bonds is 8. The zero-order chi connectivity index (χ0) is 19.1. The highest BCUT2D eigenvalue weighted by atomic mass is 16.5. The lowest BCUT2D eigenvalue weighted by Crippen LogP contribution is -2.38. The molecule has 1 aromatic heterocycles. The van der Waals surface area contributed by atoms with Crippen molar-refractivity contribution < 1.29 is 14.9 Å². The topological polar surface area (TPSA) is 104 Å². The van der Waals surface area contributed by atoms with Gasteiger partial charge >= 0.3 is 0 Å². The van der Waals surface area contributed by atoms with Gasteiger partial charge in [0.1, 0.15) is 11.9 Å². The van der Waals surface area contributed by atoms with E-state index in [1.54, 1.807) is 0 Å². The predicted molar refractivity (Wildman–Crippen MR) is 103 cm³/mol. The van der Waals surface area contributed by atoms with Crippen LogP contribution in [0.2, 0.25) is 0 Å². The first-order valence-corrected chi connectivity index (χ1v) is 9.39. The quantitative estimate of drug-likeness (QED) is 0.633. The van der Waals surface area contributed by atoms with E-state index in [2.05, 4.69) is 32.1 Å². The molecule has 0 saturated carbocycles. The summed E-state index contributed by atoms with van der Waals surface area (Å²) >= 11 is 0. The smallest absolute Gasteiger partial charge is 0.230 e. The Balaban J connectivity index is 1.81. The fourth-order valence-corrected chi connectivity index (χ4v) is 2.98. The van der Waals surface area contributed by atoms with E-state index in [0.29, 0.717) is 30.9 Å². The molecule has 0 radical (unpaired) electrons.